The number of sulfonamides is 1. The Labute approximate surface area is 122 Å². The van der Waals surface area contributed by atoms with E-state index in [2.05, 4.69) is 9.71 Å². The van der Waals surface area contributed by atoms with Gasteiger partial charge < -0.3 is 10.3 Å². The van der Waals surface area contributed by atoms with E-state index in [0.717, 1.165) is 10.4 Å². The van der Waals surface area contributed by atoms with Crippen molar-refractivity contribution in [1.29, 1.82) is 0 Å². The van der Waals surface area contributed by atoms with Crippen molar-refractivity contribution in [2.75, 3.05) is 0 Å². The molecule has 1 atom stereocenters. The SMILES string of the molecule is Cc1cc(S(=O)(=O)NC(C)Cn2ccnc2)sc1CN. The van der Waals surface area contributed by atoms with Crippen molar-refractivity contribution >= 4 is 21.4 Å². The molecule has 0 amide bonds. The number of nitrogens with zero attached hydrogens (tertiary/aromatic N) is 2. The molecule has 0 spiro atoms. The first kappa shape index (κ1) is 15.2. The standard InChI is InChI=1S/C12H18N4O2S2/c1-9-5-12(19-11(9)6-13)20(17,18)15-10(2)7-16-4-3-14-8-16/h3-5,8,10,15H,6-7,13H2,1-2H3. The maximum Gasteiger partial charge on any atom is 0.250 e. The van der Waals surface area contributed by atoms with Gasteiger partial charge in [0, 0.05) is 36.4 Å². The number of aromatic nitrogens is 2. The van der Waals surface area contributed by atoms with Gasteiger partial charge in [-0.25, -0.2) is 18.1 Å². The van der Waals surface area contributed by atoms with Gasteiger partial charge in [0.2, 0.25) is 10.0 Å². The zero-order valence-electron chi connectivity index (χ0n) is 11.4. The van der Waals surface area contributed by atoms with E-state index in [4.69, 9.17) is 5.73 Å². The fraction of sp³-hybridized carbons (Fsp3) is 0.417. The second-order valence-electron chi connectivity index (χ2n) is 4.66. The highest BCUT2D eigenvalue weighted by Gasteiger charge is 2.21. The zero-order valence-corrected chi connectivity index (χ0v) is 13.0. The Hall–Kier alpha value is -1.22. The third-order valence-corrected chi connectivity index (χ3v) is 6.17. The van der Waals surface area contributed by atoms with E-state index < -0.39 is 10.0 Å². The maximum absolute atomic E-state index is 12.3. The number of nitrogens with two attached hydrogens (primary N) is 1. The van der Waals surface area contributed by atoms with E-state index in [-0.39, 0.29) is 6.04 Å². The monoisotopic (exact) mass is 314 g/mol. The number of imidazole rings is 1. The number of thiophene rings is 1. The maximum atomic E-state index is 12.3. The lowest BCUT2D eigenvalue weighted by atomic mass is 10.3. The molecule has 1 unspecified atom stereocenters. The molecule has 0 bridgehead atoms. The topological polar surface area (TPSA) is 90.0 Å². The Balaban J connectivity index is 2.10. The summed E-state index contributed by atoms with van der Waals surface area (Å²) in [6.45, 7) is 4.58. The predicted octanol–water partition coefficient (Wildman–Crippen LogP) is 1.08. The van der Waals surface area contributed by atoms with E-state index in [1.54, 1.807) is 24.8 Å². The van der Waals surface area contributed by atoms with Crippen LogP contribution in [-0.2, 0) is 23.1 Å². The van der Waals surface area contributed by atoms with Gasteiger partial charge in [-0.2, -0.15) is 0 Å². The fourth-order valence-corrected chi connectivity index (χ4v) is 4.61. The lowest BCUT2D eigenvalue weighted by Crippen LogP contribution is -2.35. The molecule has 2 aromatic rings. The first-order valence-corrected chi connectivity index (χ1v) is 8.50. The Morgan fingerprint density at radius 3 is 2.85 bits per heavy atom. The van der Waals surface area contributed by atoms with Crippen molar-refractivity contribution in [3.8, 4) is 0 Å². The average Bonchev–Trinajstić information content (AvgIpc) is 2.97. The van der Waals surface area contributed by atoms with Gasteiger partial charge in [-0.15, -0.1) is 11.3 Å². The van der Waals surface area contributed by atoms with E-state index >= 15 is 0 Å². The number of hydrogen-bond acceptors (Lipinski definition) is 5. The lowest BCUT2D eigenvalue weighted by molar-refractivity contribution is 0.521. The van der Waals surface area contributed by atoms with E-state index in [0.29, 0.717) is 17.3 Å². The van der Waals surface area contributed by atoms with Crippen LogP contribution in [0.2, 0.25) is 0 Å². The Morgan fingerprint density at radius 2 is 2.30 bits per heavy atom. The van der Waals surface area contributed by atoms with Crippen molar-refractivity contribution in [3.05, 3.63) is 35.2 Å². The molecule has 0 saturated carbocycles. The summed E-state index contributed by atoms with van der Waals surface area (Å²) in [7, 11) is -3.50. The van der Waals surface area contributed by atoms with Crippen LogP contribution in [0.4, 0.5) is 0 Å². The molecular weight excluding hydrogens is 296 g/mol. The molecule has 3 N–H and O–H groups in total. The fourth-order valence-electron chi connectivity index (χ4n) is 1.89. The summed E-state index contributed by atoms with van der Waals surface area (Å²) in [6.07, 6.45) is 5.12. The van der Waals surface area contributed by atoms with Gasteiger partial charge in [-0.3, -0.25) is 0 Å². The normalized spacial score (nSPS) is 13.6. The van der Waals surface area contributed by atoms with Gasteiger partial charge >= 0.3 is 0 Å². The highest BCUT2D eigenvalue weighted by Crippen LogP contribution is 2.25. The molecule has 0 aliphatic carbocycles. The molecule has 6 nitrogen and oxygen atoms in total. The number of rotatable bonds is 6. The highest BCUT2D eigenvalue weighted by molar-refractivity contribution is 7.91. The minimum atomic E-state index is -3.50. The van der Waals surface area contributed by atoms with Crippen LogP contribution < -0.4 is 10.5 Å². The van der Waals surface area contributed by atoms with Crippen LogP contribution in [0.5, 0.6) is 0 Å². The highest BCUT2D eigenvalue weighted by atomic mass is 32.2. The Morgan fingerprint density at radius 1 is 1.55 bits per heavy atom. The van der Waals surface area contributed by atoms with Crippen LogP contribution in [0.25, 0.3) is 0 Å². The minimum Gasteiger partial charge on any atom is -0.336 e. The summed E-state index contributed by atoms with van der Waals surface area (Å²) in [4.78, 5) is 4.83. The minimum absolute atomic E-state index is 0.224. The van der Waals surface area contributed by atoms with Crippen LogP contribution in [-0.4, -0.2) is 24.0 Å². The molecular formula is C12H18N4O2S2. The molecule has 0 aromatic carbocycles. The van der Waals surface area contributed by atoms with Crippen molar-refractivity contribution in [2.45, 2.75) is 37.2 Å². The molecule has 20 heavy (non-hydrogen) atoms. The Bertz CT molecular complexity index is 662. The molecule has 0 saturated heterocycles. The van der Waals surface area contributed by atoms with Crippen molar-refractivity contribution < 1.29 is 8.42 Å². The summed E-state index contributed by atoms with van der Waals surface area (Å²) in [6, 6.07) is 1.44. The number of nitrogens with one attached hydrogen (secondary N) is 1. The third-order valence-electron chi connectivity index (χ3n) is 2.85. The summed E-state index contributed by atoms with van der Waals surface area (Å²) in [5.41, 5.74) is 6.50. The quantitative estimate of drug-likeness (QED) is 0.835. The van der Waals surface area contributed by atoms with Gasteiger partial charge in [0.15, 0.2) is 0 Å². The molecule has 0 aliphatic rings. The van der Waals surface area contributed by atoms with Gasteiger partial charge in [0.1, 0.15) is 4.21 Å². The van der Waals surface area contributed by atoms with Crippen molar-refractivity contribution in [3.63, 3.8) is 0 Å². The second-order valence-corrected chi connectivity index (χ2v) is 7.74. The van der Waals surface area contributed by atoms with Crippen LogP contribution in [0.3, 0.4) is 0 Å². The lowest BCUT2D eigenvalue weighted by Gasteiger charge is -2.13. The van der Waals surface area contributed by atoms with Crippen LogP contribution in [0, 0.1) is 6.92 Å². The first-order chi connectivity index (χ1) is 9.42. The molecule has 2 aromatic heterocycles. The molecule has 110 valence electrons. The average molecular weight is 314 g/mol. The van der Waals surface area contributed by atoms with Crippen LogP contribution in [0.1, 0.15) is 17.4 Å². The van der Waals surface area contributed by atoms with Gasteiger partial charge in [0.05, 0.1) is 6.33 Å². The second kappa shape index (κ2) is 6.04. The molecule has 2 heterocycles. The molecule has 0 aliphatic heterocycles. The summed E-state index contributed by atoms with van der Waals surface area (Å²) < 4.78 is 29.4. The Kier molecular flexibility index (Phi) is 4.59. The molecule has 0 fully saturated rings. The van der Waals surface area contributed by atoms with Gasteiger partial charge in [-0.05, 0) is 25.5 Å². The number of hydrogen-bond donors (Lipinski definition) is 2. The van der Waals surface area contributed by atoms with Gasteiger partial charge in [0.25, 0.3) is 0 Å². The van der Waals surface area contributed by atoms with Crippen molar-refractivity contribution in [2.24, 2.45) is 5.73 Å². The summed E-state index contributed by atoms with van der Waals surface area (Å²) in [5.74, 6) is 0. The molecule has 8 heteroatoms. The van der Waals surface area contributed by atoms with Crippen LogP contribution >= 0.6 is 11.3 Å². The molecule has 2 rings (SSSR count). The largest absolute Gasteiger partial charge is 0.336 e. The third kappa shape index (κ3) is 3.45. The van der Waals surface area contributed by atoms with E-state index in [1.165, 1.54) is 11.3 Å². The summed E-state index contributed by atoms with van der Waals surface area (Å²) >= 11 is 1.22. The summed E-state index contributed by atoms with van der Waals surface area (Å²) in [5, 5.41) is 0. The number of aryl methyl sites for hydroxylation is 1. The predicted molar refractivity (Wildman–Crippen MR) is 79.0 cm³/mol. The first-order valence-electron chi connectivity index (χ1n) is 6.20. The van der Waals surface area contributed by atoms with Gasteiger partial charge in [-0.1, -0.05) is 0 Å². The van der Waals surface area contributed by atoms with E-state index in [1.807, 2.05) is 18.4 Å². The zero-order chi connectivity index (χ0) is 14.8. The van der Waals surface area contributed by atoms with Crippen molar-refractivity contribution in [1.82, 2.24) is 14.3 Å². The molecule has 0 radical (unpaired) electrons. The van der Waals surface area contributed by atoms with Crippen LogP contribution in [0.15, 0.2) is 29.0 Å². The van der Waals surface area contributed by atoms with E-state index in [9.17, 15) is 8.42 Å². The smallest absolute Gasteiger partial charge is 0.250 e.